The number of pyridine rings is 1. The molecular weight excluding hydrogens is 436 g/mol. The number of tetrazole rings is 1. The number of nitrogen functional groups attached to an aromatic ring is 1. The summed E-state index contributed by atoms with van der Waals surface area (Å²) in [7, 11) is 0. The summed E-state index contributed by atoms with van der Waals surface area (Å²) < 4.78 is 2.15. The summed E-state index contributed by atoms with van der Waals surface area (Å²) in [6, 6.07) is 26.8. The Morgan fingerprint density at radius 3 is 2.34 bits per heavy atom. The third kappa shape index (κ3) is 3.71. The van der Waals surface area contributed by atoms with Crippen LogP contribution in [-0.4, -0.2) is 35.2 Å². The Bertz CT molecular complexity index is 1620. The Labute approximate surface area is 201 Å². The first-order valence-corrected chi connectivity index (χ1v) is 11.3. The molecule has 3 aromatic heterocycles. The SMILES string of the molecule is Cc1c(N)cnc2c1nc(-c1ccccc1)n2Cc1ccc(-c2ccccc2-c2nnn[nH]2)cc1. The highest BCUT2D eigenvalue weighted by molar-refractivity contribution is 5.84. The van der Waals surface area contributed by atoms with Crippen molar-refractivity contribution in [2.45, 2.75) is 13.5 Å². The van der Waals surface area contributed by atoms with E-state index in [1.165, 1.54) is 0 Å². The molecule has 0 radical (unpaired) electrons. The molecule has 0 aliphatic rings. The Kier molecular flexibility index (Phi) is 5.03. The fourth-order valence-corrected chi connectivity index (χ4v) is 4.34. The molecule has 35 heavy (non-hydrogen) atoms. The standard InChI is InChI=1S/C27H22N8/c1-17-23(28)15-29-27-24(17)30-26(20-7-3-2-4-8-20)35(27)16-18-11-13-19(14-12-18)21-9-5-6-10-22(21)25-31-33-34-32-25/h2-15H,16,28H2,1H3,(H,31,32,33,34). The average molecular weight is 459 g/mol. The van der Waals surface area contributed by atoms with Gasteiger partial charge in [-0.05, 0) is 34.0 Å². The zero-order valence-electron chi connectivity index (χ0n) is 19.1. The van der Waals surface area contributed by atoms with Crippen LogP contribution in [0.4, 0.5) is 5.69 Å². The first-order chi connectivity index (χ1) is 17.2. The fourth-order valence-electron chi connectivity index (χ4n) is 4.34. The third-order valence-corrected chi connectivity index (χ3v) is 6.22. The molecule has 0 fully saturated rings. The summed E-state index contributed by atoms with van der Waals surface area (Å²) in [5, 5.41) is 14.4. The summed E-state index contributed by atoms with van der Waals surface area (Å²) in [5.74, 6) is 1.51. The van der Waals surface area contributed by atoms with E-state index < -0.39 is 0 Å². The highest BCUT2D eigenvalue weighted by atomic mass is 15.5. The van der Waals surface area contributed by atoms with Crippen LogP contribution in [0.5, 0.6) is 0 Å². The number of fused-ring (bicyclic) bond motifs is 1. The van der Waals surface area contributed by atoms with Gasteiger partial charge in [0.25, 0.3) is 0 Å². The van der Waals surface area contributed by atoms with Crippen molar-refractivity contribution in [1.82, 2.24) is 35.2 Å². The minimum absolute atomic E-state index is 0.630. The van der Waals surface area contributed by atoms with E-state index in [4.69, 9.17) is 10.7 Å². The van der Waals surface area contributed by atoms with E-state index in [0.717, 1.165) is 50.4 Å². The number of nitrogens with zero attached hydrogens (tertiary/aromatic N) is 6. The molecule has 0 bridgehead atoms. The molecule has 0 aliphatic carbocycles. The zero-order valence-corrected chi connectivity index (χ0v) is 19.1. The topological polar surface area (TPSA) is 111 Å². The van der Waals surface area contributed by atoms with Crippen LogP contribution in [-0.2, 0) is 6.54 Å². The Balaban J connectivity index is 1.40. The van der Waals surface area contributed by atoms with Gasteiger partial charge < -0.3 is 10.3 Å². The Morgan fingerprint density at radius 1 is 0.857 bits per heavy atom. The Morgan fingerprint density at radius 2 is 1.60 bits per heavy atom. The third-order valence-electron chi connectivity index (χ3n) is 6.22. The lowest BCUT2D eigenvalue weighted by Crippen LogP contribution is -2.04. The van der Waals surface area contributed by atoms with Gasteiger partial charge in [-0.15, -0.1) is 5.10 Å². The molecule has 0 spiro atoms. The van der Waals surface area contributed by atoms with Crippen molar-refractivity contribution < 1.29 is 0 Å². The normalized spacial score (nSPS) is 11.2. The zero-order chi connectivity index (χ0) is 23.8. The van der Waals surface area contributed by atoms with Crippen LogP contribution in [0.25, 0.3) is 45.1 Å². The van der Waals surface area contributed by atoms with Gasteiger partial charge in [-0.3, -0.25) is 0 Å². The average Bonchev–Trinajstić information content (AvgIpc) is 3.57. The molecule has 0 saturated heterocycles. The van der Waals surface area contributed by atoms with Crippen molar-refractivity contribution in [3.63, 3.8) is 0 Å². The van der Waals surface area contributed by atoms with Gasteiger partial charge in [0.2, 0.25) is 0 Å². The van der Waals surface area contributed by atoms with Crippen LogP contribution >= 0.6 is 0 Å². The minimum atomic E-state index is 0.630. The summed E-state index contributed by atoms with van der Waals surface area (Å²) in [4.78, 5) is 9.59. The molecule has 0 atom stereocenters. The smallest absolute Gasteiger partial charge is 0.180 e. The maximum atomic E-state index is 6.13. The lowest BCUT2D eigenvalue weighted by Gasteiger charge is -2.11. The predicted molar refractivity (Wildman–Crippen MR) is 136 cm³/mol. The van der Waals surface area contributed by atoms with Gasteiger partial charge in [0.1, 0.15) is 11.3 Å². The van der Waals surface area contributed by atoms with E-state index >= 15 is 0 Å². The van der Waals surface area contributed by atoms with E-state index in [0.29, 0.717) is 18.1 Å². The number of hydrogen-bond acceptors (Lipinski definition) is 6. The number of aryl methyl sites for hydroxylation is 1. The molecule has 0 aliphatic heterocycles. The second kappa shape index (κ2) is 8.49. The molecule has 8 nitrogen and oxygen atoms in total. The Hall–Kier alpha value is -4.85. The van der Waals surface area contributed by atoms with Crippen LogP contribution in [0.2, 0.25) is 0 Å². The molecule has 6 rings (SSSR count). The van der Waals surface area contributed by atoms with Crippen molar-refractivity contribution in [3.8, 4) is 33.9 Å². The summed E-state index contributed by atoms with van der Waals surface area (Å²) >= 11 is 0. The van der Waals surface area contributed by atoms with E-state index in [2.05, 4.69) is 72.6 Å². The fraction of sp³-hybridized carbons (Fsp3) is 0.0741. The minimum Gasteiger partial charge on any atom is -0.397 e. The molecular formula is C27H22N8. The van der Waals surface area contributed by atoms with Crippen LogP contribution in [0, 0.1) is 6.92 Å². The number of anilines is 1. The highest BCUT2D eigenvalue weighted by Gasteiger charge is 2.17. The molecule has 0 amide bonds. The van der Waals surface area contributed by atoms with Gasteiger partial charge in [0, 0.05) is 16.7 Å². The van der Waals surface area contributed by atoms with Crippen molar-refractivity contribution in [2.75, 3.05) is 5.73 Å². The van der Waals surface area contributed by atoms with E-state index in [-0.39, 0.29) is 0 Å². The van der Waals surface area contributed by atoms with E-state index in [9.17, 15) is 0 Å². The number of aromatic amines is 1. The predicted octanol–water partition coefficient (Wildman–Crippen LogP) is 4.88. The summed E-state index contributed by atoms with van der Waals surface area (Å²) in [6.45, 7) is 2.62. The molecule has 0 unspecified atom stereocenters. The molecule has 6 aromatic rings. The van der Waals surface area contributed by atoms with Crippen LogP contribution in [0.3, 0.4) is 0 Å². The maximum Gasteiger partial charge on any atom is 0.180 e. The molecule has 0 saturated carbocycles. The van der Waals surface area contributed by atoms with Gasteiger partial charge in [0.15, 0.2) is 11.5 Å². The highest BCUT2D eigenvalue weighted by Crippen LogP contribution is 2.31. The molecule has 170 valence electrons. The first-order valence-electron chi connectivity index (χ1n) is 11.3. The van der Waals surface area contributed by atoms with Gasteiger partial charge in [-0.25, -0.2) is 15.1 Å². The quantitative estimate of drug-likeness (QED) is 0.381. The van der Waals surface area contributed by atoms with Gasteiger partial charge >= 0.3 is 0 Å². The lowest BCUT2D eigenvalue weighted by atomic mass is 9.98. The monoisotopic (exact) mass is 458 g/mol. The van der Waals surface area contributed by atoms with Crippen molar-refractivity contribution >= 4 is 16.9 Å². The van der Waals surface area contributed by atoms with Crippen LogP contribution < -0.4 is 5.73 Å². The number of nitrogens with one attached hydrogen (secondary N) is 1. The van der Waals surface area contributed by atoms with Crippen LogP contribution in [0.15, 0.2) is 85.1 Å². The number of benzene rings is 3. The summed E-state index contributed by atoms with van der Waals surface area (Å²) in [5.41, 5.74) is 14.6. The number of rotatable bonds is 5. The van der Waals surface area contributed by atoms with Crippen molar-refractivity contribution in [1.29, 1.82) is 0 Å². The number of aromatic nitrogens is 7. The molecule has 3 N–H and O–H groups in total. The molecule has 8 heteroatoms. The van der Waals surface area contributed by atoms with Crippen LogP contribution in [0.1, 0.15) is 11.1 Å². The second-order valence-corrected chi connectivity index (χ2v) is 8.39. The largest absolute Gasteiger partial charge is 0.397 e. The lowest BCUT2D eigenvalue weighted by molar-refractivity contribution is 0.824. The number of nitrogens with two attached hydrogens (primary N) is 1. The number of hydrogen-bond donors (Lipinski definition) is 2. The molecule has 3 aromatic carbocycles. The van der Waals surface area contributed by atoms with E-state index in [1.54, 1.807) is 6.20 Å². The maximum absolute atomic E-state index is 6.13. The van der Waals surface area contributed by atoms with Gasteiger partial charge in [-0.2, -0.15) is 0 Å². The van der Waals surface area contributed by atoms with Crippen molar-refractivity contribution in [3.05, 3.63) is 96.2 Å². The van der Waals surface area contributed by atoms with Gasteiger partial charge in [0.05, 0.1) is 18.4 Å². The second-order valence-electron chi connectivity index (χ2n) is 8.39. The van der Waals surface area contributed by atoms with Crippen molar-refractivity contribution in [2.24, 2.45) is 0 Å². The van der Waals surface area contributed by atoms with E-state index in [1.807, 2.05) is 43.3 Å². The number of imidazole rings is 1. The first kappa shape index (κ1) is 20.7. The number of H-pyrrole nitrogens is 1. The van der Waals surface area contributed by atoms with Gasteiger partial charge in [-0.1, -0.05) is 78.9 Å². The summed E-state index contributed by atoms with van der Waals surface area (Å²) in [6.07, 6.45) is 1.71. The molecule has 3 heterocycles.